The van der Waals surface area contributed by atoms with Crippen LogP contribution >= 0.6 is 35.8 Å². The van der Waals surface area contributed by atoms with Gasteiger partial charge in [-0.3, -0.25) is 4.79 Å². The number of carbonyl (C=O) groups excluding carboxylic acids is 1. The third-order valence-electron chi connectivity index (χ3n) is 3.22. The van der Waals surface area contributed by atoms with Crippen LogP contribution in [0.3, 0.4) is 0 Å². The Morgan fingerprint density at radius 3 is 2.95 bits per heavy atom. The van der Waals surface area contributed by atoms with Crippen LogP contribution in [0.25, 0.3) is 0 Å². The van der Waals surface area contributed by atoms with E-state index in [1.54, 1.807) is 17.8 Å². The molecule has 1 aromatic carbocycles. The zero-order chi connectivity index (χ0) is 13.8. The minimum atomic E-state index is 0. The molecular weight excluding hydrogens is 315 g/mol. The van der Waals surface area contributed by atoms with Gasteiger partial charge in [-0.25, -0.2) is 0 Å². The lowest BCUT2D eigenvalue weighted by atomic mass is 10.1. The third-order valence-corrected chi connectivity index (χ3v) is 4.41. The van der Waals surface area contributed by atoms with E-state index in [1.807, 2.05) is 17.0 Å². The summed E-state index contributed by atoms with van der Waals surface area (Å²) in [7, 11) is 0. The van der Waals surface area contributed by atoms with E-state index in [-0.39, 0.29) is 24.4 Å². The number of nitrogens with two attached hydrogens (primary N) is 1. The molecule has 20 heavy (non-hydrogen) atoms. The molecule has 3 nitrogen and oxygen atoms in total. The lowest BCUT2D eigenvalue weighted by molar-refractivity contribution is 0.0705. The average molecular weight is 335 g/mol. The van der Waals surface area contributed by atoms with Crippen LogP contribution < -0.4 is 5.73 Å². The van der Waals surface area contributed by atoms with Gasteiger partial charge in [0, 0.05) is 29.0 Å². The predicted octanol–water partition coefficient (Wildman–Crippen LogP) is 3.44. The van der Waals surface area contributed by atoms with Crippen molar-refractivity contribution in [1.82, 2.24) is 4.90 Å². The van der Waals surface area contributed by atoms with Crippen LogP contribution in [-0.2, 0) is 0 Å². The van der Waals surface area contributed by atoms with Crippen LogP contribution in [-0.4, -0.2) is 35.7 Å². The van der Waals surface area contributed by atoms with Gasteiger partial charge in [0.15, 0.2) is 0 Å². The topological polar surface area (TPSA) is 46.3 Å². The van der Waals surface area contributed by atoms with Crippen molar-refractivity contribution in [2.24, 2.45) is 5.73 Å². The zero-order valence-corrected chi connectivity index (χ0v) is 13.9. The van der Waals surface area contributed by atoms with Crippen molar-refractivity contribution in [1.29, 1.82) is 0 Å². The Morgan fingerprint density at radius 1 is 1.55 bits per heavy atom. The van der Waals surface area contributed by atoms with Gasteiger partial charge in [-0.2, -0.15) is 0 Å². The number of piperidine rings is 1. The first kappa shape index (κ1) is 17.6. The van der Waals surface area contributed by atoms with Crippen molar-refractivity contribution in [3.8, 4) is 0 Å². The van der Waals surface area contributed by atoms with Crippen molar-refractivity contribution < 1.29 is 4.79 Å². The van der Waals surface area contributed by atoms with Gasteiger partial charge in [-0.05, 0) is 36.8 Å². The summed E-state index contributed by atoms with van der Waals surface area (Å²) in [4.78, 5) is 15.4. The summed E-state index contributed by atoms with van der Waals surface area (Å²) in [6.45, 7) is 3.50. The Balaban J connectivity index is 0.00000200. The molecule has 1 aliphatic rings. The number of likely N-dealkylation sites (tertiary alicyclic amines) is 1. The minimum Gasteiger partial charge on any atom is -0.337 e. The number of carbonyl (C=O) groups is 1. The van der Waals surface area contributed by atoms with Crippen LogP contribution in [0.5, 0.6) is 0 Å². The van der Waals surface area contributed by atoms with Gasteiger partial charge in [-0.1, -0.05) is 18.5 Å². The first-order valence-electron chi connectivity index (χ1n) is 6.59. The van der Waals surface area contributed by atoms with E-state index in [1.165, 1.54) is 0 Å². The van der Waals surface area contributed by atoms with Crippen LogP contribution in [0.2, 0.25) is 5.02 Å². The largest absolute Gasteiger partial charge is 0.337 e. The van der Waals surface area contributed by atoms with Crippen molar-refractivity contribution in [2.45, 2.75) is 30.7 Å². The van der Waals surface area contributed by atoms with E-state index < -0.39 is 0 Å². The summed E-state index contributed by atoms with van der Waals surface area (Å²) in [5.41, 5.74) is 6.64. The Kier molecular flexibility index (Phi) is 7.17. The molecule has 0 aliphatic carbocycles. The fourth-order valence-corrected chi connectivity index (χ4v) is 3.26. The van der Waals surface area contributed by atoms with Crippen molar-refractivity contribution in [3.63, 3.8) is 0 Å². The third kappa shape index (κ3) is 4.29. The zero-order valence-electron chi connectivity index (χ0n) is 11.5. The highest BCUT2D eigenvalue weighted by molar-refractivity contribution is 7.99. The van der Waals surface area contributed by atoms with Gasteiger partial charge in [0.05, 0.1) is 5.56 Å². The summed E-state index contributed by atoms with van der Waals surface area (Å²) in [6.07, 6.45) is 1.97. The number of halogens is 2. The Bertz CT molecular complexity index is 470. The molecule has 1 unspecified atom stereocenters. The molecule has 1 atom stereocenters. The van der Waals surface area contributed by atoms with Gasteiger partial charge < -0.3 is 10.6 Å². The molecular formula is C14H20Cl2N2OS. The van der Waals surface area contributed by atoms with Gasteiger partial charge in [0.2, 0.25) is 0 Å². The maximum Gasteiger partial charge on any atom is 0.255 e. The molecule has 6 heteroatoms. The second kappa shape index (κ2) is 8.13. The highest BCUT2D eigenvalue weighted by atomic mass is 35.5. The maximum atomic E-state index is 12.6. The van der Waals surface area contributed by atoms with E-state index in [4.69, 9.17) is 17.3 Å². The summed E-state index contributed by atoms with van der Waals surface area (Å²) in [6, 6.07) is 5.62. The first-order valence-corrected chi connectivity index (χ1v) is 7.95. The molecule has 1 heterocycles. The highest BCUT2D eigenvalue weighted by Crippen LogP contribution is 2.27. The number of benzene rings is 1. The van der Waals surface area contributed by atoms with E-state index in [9.17, 15) is 4.79 Å². The van der Waals surface area contributed by atoms with E-state index in [0.717, 1.165) is 30.0 Å². The molecule has 0 radical (unpaired) electrons. The fraction of sp³-hybridized carbons (Fsp3) is 0.500. The van der Waals surface area contributed by atoms with Gasteiger partial charge >= 0.3 is 0 Å². The minimum absolute atomic E-state index is 0. The molecule has 0 bridgehead atoms. The van der Waals surface area contributed by atoms with E-state index >= 15 is 0 Å². The second-order valence-corrected chi connectivity index (χ2v) is 6.47. The van der Waals surface area contributed by atoms with Gasteiger partial charge in [0.25, 0.3) is 5.91 Å². The number of amides is 1. The Morgan fingerprint density at radius 2 is 2.30 bits per heavy atom. The summed E-state index contributed by atoms with van der Waals surface area (Å²) in [5.74, 6) is 0.982. The van der Waals surface area contributed by atoms with Crippen molar-refractivity contribution in [3.05, 3.63) is 28.8 Å². The first-order chi connectivity index (χ1) is 9.11. The van der Waals surface area contributed by atoms with Crippen LogP contribution in [0, 0.1) is 0 Å². The summed E-state index contributed by atoms with van der Waals surface area (Å²) in [5, 5.41) is 0.602. The quantitative estimate of drug-likeness (QED) is 0.861. The lowest BCUT2D eigenvalue weighted by Gasteiger charge is -2.31. The molecule has 0 saturated carbocycles. The number of nitrogens with zero attached hydrogens (tertiary/aromatic N) is 1. The van der Waals surface area contributed by atoms with Gasteiger partial charge in [-0.15, -0.1) is 24.2 Å². The molecule has 0 aromatic heterocycles. The maximum absolute atomic E-state index is 12.6. The fourth-order valence-electron chi connectivity index (χ4n) is 2.32. The molecule has 1 saturated heterocycles. The molecule has 1 aromatic rings. The van der Waals surface area contributed by atoms with Gasteiger partial charge in [0.1, 0.15) is 0 Å². The molecule has 112 valence electrons. The Hall–Kier alpha value is -0.420. The molecule has 1 fully saturated rings. The molecule has 0 spiro atoms. The molecule has 2 rings (SSSR count). The SMILES string of the molecule is CCSc1ccc(Cl)cc1C(=O)N1CCCC(N)C1.Cl. The molecule has 1 aliphatic heterocycles. The second-order valence-electron chi connectivity index (χ2n) is 4.73. The number of thioether (sulfide) groups is 1. The van der Waals surface area contributed by atoms with Crippen molar-refractivity contribution >= 4 is 41.7 Å². The number of rotatable bonds is 3. The summed E-state index contributed by atoms with van der Waals surface area (Å²) < 4.78 is 0. The summed E-state index contributed by atoms with van der Waals surface area (Å²) >= 11 is 7.69. The lowest BCUT2D eigenvalue weighted by Crippen LogP contribution is -2.45. The van der Waals surface area contributed by atoms with Crippen LogP contribution in [0.4, 0.5) is 0 Å². The van der Waals surface area contributed by atoms with E-state index in [2.05, 4.69) is 6.92 Å². The molecule has 2 N–H and O–H groups in total. The van der Waals surface area contributed by atoms with Crippen LogP contribution in [0.15, 0.2) is 23.1 Å². The standard InChI is InChI=1S/C14H19ClN2OS.ClH/c1-2-19-13-6-5-10(15)8-12(13)14(18)17-7-3-4-11(16)9-17;/h5-6,8,11H,2-4,7,9,16H2,1H3;1H. The van der Waals surface area contributed by atoms with Crippen LogP contribution in [0.1, 0.15) is 30.1 Å². The average Bonchev–Trinajstić information content (AvgIpc) is 2.40. The molecule has 1 amide bonds. The van der Waals surface area contributed by atoms with E-state index in [0.29, 0.717) is 17.1 Å². The number of hydrogen-bond donors (Lipinski definition) is 1. The smallest absolute Gasteiger partial charge is 0.255 e. The highest BCUT2D eigenvalue weighted by Gasteiger charge is 2.24. The monoisotopic (exact) mass is 334 g/mol. The number of hydrogen-bond acceptors (Lipinski definition) is 3. The predicted molar refractivity (Wildman–Crippen MR) is 88.2 cm³/mol. The normalized spacial score (nSPS) is 18.6. The van der Waals surface area contributed by atoms with Crippen molar-refractivity contribution in [2.75, 3.05) is 18.8 Å². The Labute approximate surface area is 135 Å².